The van der Waals surface area contributed by atoms with E-state index in [1.165, 1.54) is 30.8 Å². The third kappa shape index (κ3) is 3.18. The fourth-order valence-corrected chi connectivity index (χ4v) is 1.08. The molecular weight excluding hydrogens is 160 g/mol. The Morgan fingerprint density at radius 3 is 2.27 bits per heavy atom. The van der Waals surface area contributed by atoms with Crippen molar-refractivity contribution >= 4 is 23.3 Å². The predicted octanol–water partition coefficient (Wildman–Crippen LogP) is 1.58. The number of thioether (sulfide) groups is 1. The van der Waals surface area contributed by atoms with E-state index in [1.54, 1.807) is 6.26 Å². The maximum Gasteiger partial charge on any atom is 0.234 e. The minimum atomic E-state index is -0.447. The molecule has 0 bridgehead atoms. The van der Waals surface area contributed by atoms with Gasteiger partial charge in [-0.25, -0.2) is 0 Å². The number of allylic oxidation sites excluding steroid dienone is 3. The molecule has 0 aliphatic rings. The molecule has 3 heteroatoms. The number of carbonyl (C=O) groups is 2. The van der Waals surface area contributed by atoms with Crippen LogP contribution in [-0.4, -0.2) is 17.8 Å². The summed E-state index contributed by atoms with van der Waals surface area (Å²) in [5.41, 5.74) is 0. The van der Waals surface area contributed by atoms with Gasteiger partial charge in [0.2, 0.25) is 11.6 Å². The third-order valence-corrected chi connectivity index (χ3v) is 1.79. The first kappa shape index (κ1) is 10.2. The standard InChI is InChI=1S/C8H10O2S/c1-4-5-7(11-3)8(10)6(2)9/h4-5H,1H2,2-3H3/b7-5-. The van der Waals surface area contributed by atoms with Crippen LogP contribution >= 0.6 is 11.8 Å². The van der Waals surface area contributed by atoms with Crippen LogP contribution in [0.15, 0.2) is 23.6 Å². The monoisotopic (exact) mass is 170 g/mol. The summed E-state index contributed by atoms with van der Waals surface area (Å²) in [6.07, 6.45) is 4.78. The zero-order valence-electron chi connectivity index (χ0n) is 6.59. The molecular formula is C8H10O2S. The summed E-state index contributed by atoms with van der Waals surface area (Å²) in [6, 6.07) is 0. The summed E-state index contributed by atoms with van der Waals surface area (Å²) in [5.74, 6) is -0.884. The highest BCUT2D eigenvalue weighted by Gasteiger charge is 2.11. The molecule has 0 aromatic heterocycles. The van der Waals surface area contributed by atoms with E-state index in [0.29, 0.717) is 4.91 Å². The predicted molar refractivity (Wildman–Crippen MR) is 47.5 cm³/mol. The van der Waals surface area contributed by atoms with Crippen LogP contribution in [0.1, 0.15) is 6.92 Å². The van der Waals surface area contributed by atoms with Crippen molar-refractivity contribution in [3.05, 3.63) is 23.6 Å². The lowest BCUT2D eigenvalue weighted by atomic mass is 10.2. The minimum Gasteiger partial charge on any atom is -0.291 e. The van der Waals surface area contributed by atoms with Gasteiger partial charge >= 0.3 is 0 Å². The van der Waals surface area contributed by atoms with Crippen molar-refractivity contribution in [2.45, 2.75) is 6.92 Å². The van der Waals surface area contributed by atoms with Crippen molar-refractivity contribution in [2.24, 2.45) is 0 Å². The zero-order chi connectivity index (χ0) is 8.85. The van der Waals surface area contributed by atoms with Gasteiger partial charge in [0.05, 0.1) is 4.91 Å². The Morgan fingerprint density at radius 1 is 1.45 bits per heavy atom. The molecule has 11 heavy (non-hydrogen) atoms. The van der Waals surface area contributed by atoms with Gasteiger partial charge in [0.1, 0.15) is 0 Å². The first-order chi connectivity index (χ1) is 5.13. The number of ketones is 2. The van der Waals surface area contributed by atoms with E-state index in [9.17, 15) is 9.59 Å². The fraction of sp³-hybridized carbons (Fsp3) is 0.250. The van der Waals surface area contributed by atoms with E-state index in [2.05, 4.69) is 6.58 Å². The van der Waals surface area contributed by atoms with Gasteiger partial charge in [-0.2, -0.15) is 0 Å². The average Bonchev–Trinajstić information content (AvgIpc) is 1.98. The highest BCUT2D eigenvalue weighted by molar-refractivity contribution is 8.03. The smallest absolute Gasteiger partial charge is 0.234 e. The topological polar surface area (TPSA) is 34.1 Å². The molecule has 0 rings (SSSR count). The Balaban J connectivity index is 4.51. The molecule has 0 atom stereocenters. The Morgan fingerprint density at radius 2 is 2.00 bits per heavy atom. The first-order valence-electron chi connectivity index (χ1n) is 3.05. The Labute approximate surface area is 70.4 Å². The molecule has 0 spiro atoms. The summed E-state index contributed by atoms with van der Waals surface area (Å²) in [6.45, 7) is 4.70. The number of carbonyl (C=O) groups excluding carboxylic acids is 2. The molecule has 0 fully saturated rings. The lowest BCUT2D eigenvalue weighted by Crippen LogP contribution is -2.09. The van der Waals surface area contributed by atoms with E-state index < -0.39 is 11.6 Å². The first-order valence-corrected chi connectivity index (χ1v) is 4.28. The minimum absolute atomic E-state index is 0.438. The van der Waals surface area contributed by atoms with E-state index in [-0.39, 0.29) is 0 Å². The summed E-state index contributed by atoms with van der Waals surface area (Å²) in [4.78, 5) is 22.0. The van der Waals surface area contributed by atoms with Crippen LogP contribution in [0.5, 0.6) is 0 Å². The Kier molecular flexibility index (Phi) is 4.54. The van der Waals surface area contributed by atoms with Crippen LogP contribution in [0.25, 0.3) is 0 Å². The van der Waals surface area contributed by atoms with E-state index in [1.807, 2.05) is 0 Å². The fourth-order valence-electron chi connectivity index (χ4n) is 0.517. The van der Waals surface area contributed by atoms with Gasteiger partial charge in [-0.3, -0.25) is 9.59 Å². The summed E-state index contributed by atoms with van der Waals surface area (Å²) in [5, 5.41) is 0. The van der Waals surface area contributed by atoms with Crippen LogP contribution in [-0.2, 0) is 9.59 Å². The molecule has 60 valence electrons. The van der Waals surface area contributed by atoms with Crippen LogP contribution in [0.2, 0.25) is 0 Å². The maximum absolute atomic E-state index is 11.0. The second-order valence-corrected chi connectivity index (χ2v) is 2.70. The van der Waals surface area contributed by atoms with Crippen LogP contribution in [0.3, 0.4) is 0 Å². The number of Topliss-reactive ketones (excluding diaryl/α,β-unsaturated/α-hetero) is 2. The quantitative estimate of drug-likeness (QED) is 0.365. The lowest BCUT2D eigenvalue weighted by molar-refractivity contribution is -0.132. The Hall–Kier alpha value is -0.830. The van der Waals surface area contributed by atoms with E-state index in [4.69, 9.17) is 0 Å². The van der Waals surface area contributed by atoms with Gasteiger partial charge in [-0.1, -0.05) is 12.7 Å². The van der Waals surface area contributed by atoms with Gasteiger partial charge < -0.3 is 0 Å². The van der Waals surface area contributed by atoms with Crippen LogP contribution in [0.4, 0.5) is 0 Å². The van der Waals surface area contributed by atoms with E-state index >= 15 is 0 Å². The van der Waals surface area contributed by atoms with Gasteiger partial charge in [-0.05, 0) is 12.3 Å². The summed E-state index contributed by atoms with van der Waals surface area (Å²) >= 11 is 1.25. The van der Waals surface area contributed by atoms with Crippen molar-refractivity contribution < 1.29 is 9.59 Å². The number of hydrogen-bond acceptors (Lipinski definition) is 3. The highest BCUT2D eigenvalue weighted by Crippen LogP contribution is 2.12. The normalized spacial score (nSPS) is 10.9. The molecule has 0 aromatic carbocycles. The zero-order valence-corrected chi connectivity index (χ0v) is 7.40. The molecule has 0 aromatic rings. The van der Waals surface area contributed by atoms with Crippen molar-refractivity contribution in [1.29, 1.82) is 0 Å². The molecule has 0 aliphatic carbocycles. The highest BCUT2D eigenvalue weighted by atomic mass is 32.2. The molecule has 0 heterocycles. The molecule has 0 N–H and O–H groups in total. The van der Waals surface area contributed by atoms with Gasteiger partial charge in [-0.15, -0.1) is 11.8 Å². The maximum atomic E-state index is 11.0. The molecule has 0 saturated carbocycles. The third-order valence-electron chi connectivity index (χ3n) is 1.03. The molecule has 0 saturated heterocycles. The summed E-state index contributed by atoms with van der Waals surface area (Å²) in [7, 11) is 0. The second-order valence-electron chi connectivity index (χ2n) is 1.86. The van der Waals surface area contributed by atoms with Crippen molar-refractivity contribution in [2.75, 3.05) is 6.26 Å². The SMILES string of the molecule is C=C/C=C(\SC)C(=O)C(C)=O. The van der Waals surface area contributed by atoms with Crippen molar-refractivity contribution in [1.82, 2.24) is 0 Å². The molecule has 2 nitrogen and oxygen atoms in total. The van der Waals surface area contributed by atoms with E-state index in [0.717, 1.165) is 0 Å². The average molecular weight is 170 g/mol. The summed E-state index contributed by atoms with van der Waals surface area (Å²) < 4.78 is 0. The van der Waals surface area contributed by atoms with Crippen LogP contribution < -0.4 is 0 Å². The van der Waals surface area contributed by atoms with Gasteiger partial charge in [0, 0.05) is 6.92 Å². The van der Waals surface area contributed by atoms with Crippen LogP contribution in [0, 0.1) is 0 Å². The molecule has 0 amide bonds. The largest absolute Gasteiger partial charge is 0.291 e. The Bertz CT molecular complexity index is 216. The van der Waals surface area contributed by atoms with Crippen molar-refractivity contribution in [3.8, 4) is 0 Å². The lowest BCUT2D eigenvalue weighted by Gasteiger charge is -1.96. The second kappa shape index (κ2) is 4.91. The molecule has 0 aliphatic heterocycles. The van der Waals surface area contributed by atoms with Crippen molar-refractivity contribution in [3.63, 3.8) is 0 Å². The molecule has 0 unspecified atom stereocenters. The number of rotatable bonds is 4. The van der Waals surface area contributed by atoms with Gasteiger partial charge in [0.15, 0.2) is 0 Å². The van der Waals surface area contributed by atoms with Gasteiger partial charge in [0.25, 0.3) is 0 Å². The molecule has 0 radical (unpaired) electrons. The number of hydrogen-bond donors (Lipinski definition) is 0.